The van der Waals surface area contributed by atoms with Gasteiger partial charge in [0, 0.05) is 17.9 Å². The molecule has 2 aliphatic rings. The molecule has 1 aromatic heterocycles. The minimum Gasteiger partial charge on any atom is -0.478 e. The number of fused-ring (bicyclic) bond motifs is 1. The molecule has 0 saturated carbocycles. The molecule has 1 aromatic carbocycles. The third-order valence-electron chi connectivity index (χ3n) is 7.18. The molecule has 4 rings (SSSR count). The lowest BCUT2D eigenvalue weighted by Crippen LogP contribution is -2.40. The summed E-state index contributed by atoms with van der Waals surface area (Å²) in [7, 11) is -3.47. The summed E-state index contributed by atoms with van der Waals surface area (Å²) in [4.78, 5) is 31.3. The van der Waals surface area contributed by atoms with Gasteiger partial charge < -0.3 is 4.74 Å². The number of anilines is 2. The molecule has 0 radical (unpaired) electrons. The number of rotatable bonds is 7. The molecule has 0 unspecified atom stereocenters. The summed E-state index contributed by atoms with van der Waals surface area (Å²) in [5, 5.41) is 0. The zero-order chi connectivity index (χ0) is 27.3. The van der Waals surface area contributed by atoms with Gasteiger partial charge in [-0.15, -0.1) is 0 Å². The predicted octanol–water partition coefficient (Wildman–Crippen LogP) is 4.75. The summed E-state index contributed by atoms with van der Waals surface area (Å²) in [6.07, 6.45) is -3.67. The van der Waals surface area contributed by atoms with Crippen molar-refractivity contribution in [1.29, 1.82) is 0 Å². The number of benzene rings is 1. The number of ether oxygens (including phenoxy) is 1. The molecule has 1 amide bonds. The summed E-state index contributed by atoms with van der Waals surface area (Å²) >= 11 is 0. The summed E-state index contributed by atoms with van der Waals surface area (Å²) < 4.78 is 86.9. The van der Waals surface area contributed by atoms with Gasteiger partial charge in [-0.3, -0.25) is 14.5 Å². The molecule has 0 N–H and O–H groups in total. The second-order valence-electron chi connectivity index (χ2n) is 9.94. The smallest absolute Gasteiger partial charge is 0.244 e. The summed E-state index contributed by atoms with van der Waals surface area (Å²) in [5.41, 5.74) is -3.67. The van der Waals surface area contributed by atoms with Crippen LogP contribution in [-0.4, -0.2) is 49.6 Å². The molecular formula is C25H26F4N2O5S. The van der Waals surface area contributed by atoms with E-state index in [0.29, 0.717) is 0 Å². The molecule has 3 heterocycles. The zero-order valence-corrected chi connectivity index (χ0v) is 21.3. The molecule has 1 fully saturated rings. The maximum absolute atomic E-state index is 15.3. The lowest BCUT2D eigenvalue weighted by molar-refractivity contribution is -0.121. The van der Waals surface area contributed by atoms with Gasteiger partial charge in [-0.05, 0) is 51.3 Å². The van der Waals surface area contributed by atoms with Crippen LogP contribution in [0.5, 0.6) is 5.88 Å². The number of Topliss-reactive ketones (excluding diaryl/α,β-unsaturated/α-hetero) is 1. The van der Waals surface area contributed by atoms with Crippen molar-refractivity contribution in [2.45, 2.75) is 51.9 Å². The number of halogens is 4. The van der Waals surface area contributed by atoms with Gasteiger partial charge in [-0.2, -0.15) is 0 Å². The van der Waals surface area contributed by atoms with Gasteiger partial charge >= 0.3 is 0 Å². The zero-order valence-electron chi connectivity index (χ0n) is 20.5. The Morgan fingerprint density at radius 2 is 1.76 bits per heavy atom. The number of carbonyl (C=O) groups is 2. The number of sulfone groups is 1. The van der Waals surface area contributed by atoms with Crippen LogP contribution in [0.3, 0.4) is 0 Å². The number of pyridine rings is 1. The summed E-state index contributed by atoms with van der Waals surface area (Å²) in [6, 6.07) is 3.27. The third kappa shape index (κ3) is 4.71. The molecule has 2 aliphatic heterocycles. The standard InChI is InChI=1S/C25H26F4N2O5S/c1-4-36-21-11-19(17(27)13-30-21)31-18-10-16(26)14(9-15(18)24(2,3)23(31)33)20(32)12-25(22(28)29)5-7-37(34,35)8-6-25/h9-11,13,22H,4-8,12H2,1-3H3. The highest BCUT2D eigenvalue weighted by Gasteiger charge is 2.48. The normalized spacial score (nSPS) is 19.7. The van der Waals surface area contributed by atoms with Gasteiger partial charge in [0.2, 0.25) is 18.2 Å². The topological polar surface area (TPSA) is 93.6 Å². The number of hydrogen-bond donors (Lipinski definition) is 0. The van der Waals surface area contributed by atoms with Gasteiger partial charge in [0.1, 0.15) is 15.7 Å². The van der Waals surface area contributed by atoms with Crippen LogP contribution in [0.15, 0.2) is 24.4 Å². The van der Waals surface area contributed by atoms with Crippen molar-refractivity contribution in [3.63, 3.8) is 0 Å². The Kier molecular flexibility index (Phi) is 6.85. The van der Waals surface area contributed by atoms with Gasteiger partial charge in [0.25, 0.3) is 0 Å². The minimum absolute atomic E-state index is 0.00364. The second kappa shape index (κ2) is 9.38. The van der Waals surface area contributed by atoms with Crippen LogP contribution in [0.4, 0.5) is 28.9 Å². The van der Waals surface area contributed by atoms with Crippen LogP contribution >= 0.6 is 0 Å². The quantitative estimate of drug-likeness (QED) is 0.371. The first-order chi connectivity index (χ1) is 17.2. The van der Waals surface area contributed by atoms with Crippen molar-refractivity contribution in [3.8, 4) is 5.88 Å². The fourth-order valence-electron chi connectivity index (χ4n) is 4.84. The van der Waals surface area contributed by atoms with E-state index in [0.717, 1.165) is 23.2 Å². The fraction of sp³-hybridized carbons (Fsp3) is 0.480. The largest absolute Gasteiger partial charge is 0.478 e. The van der Waals surface area contributed by atoms with E-state index in [-0.39, 0.29) is 29.4 Å². The molecule has 0 bridgehead atoms. The van der Waals surface area contributed by atoms with Gasteiger partial charge in [-0.25, -0.2) is 31.0 Å². The fourth-order valence-corrected chi connectivity index (χ4v) is 6.48. The summed E-state index contributed by atoms with van der Waals surface area (Å²) in [6.45, 7) is 4.98. The monoisotopic (exact) mass is 542 g/mol. The second-order valence-corrected chi connectivity index (χ2v) is 12.2. The Balaban J connectivity index is 1.74. The molecule has 1 saturated heterocycles. The molecular weight excluding hydrogens is 516 g/mol. The van der Waals surface area contributed by atoms with E-state index >= 15 is 4.39 Å². The molecule has 0 spiro atoms. The number of carbonyl (C=O) groups excluding carboxylic acids is 2. The van der Waals surface area contributed by atoms with Crippen molar-refractivity contribution in [2.75, 3.05) is 23.0 Å². The van der Waals surface area contributed by atoms with Crippen LogP contribution in [0.1, 0.15) is 56.0 Å². The van der Waals surface area contributed by atoms with Crippen LogP contribution in [0, 0.1) is 17.0 Å². The van der Waals surface area contributed by atoms with Crippen molar-refractivity contribution in [3.05, 3.63) is 47.2 Å². The Labute approximate surface area is 211 Å². The van der Waals surface area contributed by atoms with E-state index in [9.17, 15) is 31.2 Å². The highest BCUT2D eigenvalue weighted by atomic mass is 32.2. The molecule has 37 heavy (non-hydrogen) atoms. The van der Waals surface area contributed by atoms with Crippen LogP contribution < -0.4 is 9.64 Å². The van der Waals surface area contributed by atoms with Crippen molar-refractivity contribution in [2.24, 2.45) is 5.41 Å². The first kappa shape index (κ1) is 27.0. The highest BCUT2D eigenvalue weighted by molar-refractivity contribution is 7.91. The van der Waals surface area contributed by atoms with E-state index in [2.05, 4.69) is 4.98 Å². The first-order valence-electron chi connectivity index (χ1n) is 11.7. The van der Waals surface area contributed by atoms with E-state index in [4.69, 9.17) is 4.74 Å². The van der Waals surface area contributed by atoms with Gasteiger partial charge in [0.05, 0.1) is 46.7 Å². The van der Waals surface area contributed by atoms with E-state index < -0.39 is 86.7 Å². The number of amides is 1. The lowest BCUT2D eigenvalue weighted by atomic mass is 9.76. The number of aromatic nitrogens is 1. The Hall–Kier alpha value is -3.02. The molecule has 7 nitrogen and oxygen atoms in total. The van der Waals surface area contributed by atoms with Crippen LogP contribution in [-0.2, 0) is 20.0 Å². The average Bonchev–Trinajstić information content (AvgIpc) is 3.00. The SMILES string of the molecule is CCOc1cc(N2C(=O)C(C)(C)c3cc(C(=O)CC4(C(F)F)CCS(=O)(=O)CC4)c(F)cc32)c(F)cn1. The summed E-state index contributed by atoms with van der Waals surface area (Å²) in [5.74, 6) is -4.34. The van der Waals surface area contributed by atoms with Gasteiger partial charge in [-0.1, -0.05) is 0 Å². The Bertz CT molecular complexity index is 1360. The van der Waals surface area contributed by atoms with Gasteiger partial charge in [0.15, 0.2) is 11.6 Å². The number of alkyl halides is 2. The van der Waals surface area contributed by atoms with Crippen LogP contribution in [0.2, 0.25) is 0 Å². The maximum atomic E-state index is 15.3. The maximum Gasteiger partial charge on any atom is 0.244 e. The first-order valence-corrected chi connectivity index (χ1v) is 13.5. The lowest BCUT2D eigenvalue weighted by Gasteiger charge is -2.35. The predicted molar refractivity (Wildman–Crippen MR) is 127 cm³/mol. The van der Waals surface area contributed by atoms with Crippen molar-refractivity contribution in [1.82, 2.24) is 4.98 Å². The van der Waals surface area contributed by atoms with E-state index in [1.54, 1.807) is 6.92 Å². The Morgan fingerprint density at radius 1 is 1.11 bits per heavy atom. The number of hydrogen-bond acceptors (Lipinski definition) is 6. The molecule has 0 atom stereocenters. The van der Waals surface area contributed by atoms with E-state index in [1.807, 2.05) is 0 Å². The number of ketones is 1. The third-order valence-corrected chi connectivity index (χ3v) is 8.83. The molecule has 12 heteroatoms. The molecule has 0 aliphatic carbocycles. The van der Waals surface area contributed by atoms with Crippen LogP contribution in [0.25, 0.3) is 0 Å². The van der Waals surface area contributed by atoms with Crippen molar-refractivity contribution < 1.29 is 40.3 Å². The average molecular weight is 543 g/mol. The van der Waals surface area contributed by atoms with E-state index in [1.165, 1.54) is 19.9 Å². The molecule has 2 aromatic rings. The number of nitrogens with zero attached hydrogens (tertiary/aromatic N) is 2. The highest BCUT2D eigenvalue weighted by Crippen LogP contribution is 2.48. The van der Waals surface area contributed by atoms with Crippen molar-refractivity contribution >= 4 is 32.9 Å². The molecule has 200 valence electrons. The Morgan fingerprint density at radius 3 is 2.35 bits per heavy atom. The minimum atomic E-state index is -3.47.